The van der Waals surface area contributed by atoms with Crippen LogP contribution in [0.15, 0.2) is 53.8 Å². The molecule has 24 heavy (non-hydrogen) atoms. The van der Waals surface area contributed by atoms with Crippen LogP contribution in [-0.2, 0) is 6.42 Å². The number of allylic oxidation sites excluding steroid dienone is 1. The van der Waals surface area contributed by atoms with E-state index >= 15 is 0 Å². The van der Waals surface area contributed by atoms with Gasteiger partial charge in [0, 0.05) is 36.4 Å². The van der Waals surface area contributed by atoms with E-state index in [1.54, 1.807) is 12.4 Å². The molecular formula is C19H21N5. The third kappa shape index (κ3) is 3.68. The Hall–Kier alpha value is -2.95. The molecule has 1 aliphatic heterocycles. The fraction of sp³-hybridized carbons (Fsp3) is 0.211. The second-order valence-electron chi connectivity index (χ2n) is 5.53. The zero-order valence-electron chi connectivity index (χ0n) is 14.0. The van der Waals surface area contributed by atoms with Crippen molar-refractivity contribution in [1.29, 1.82) is 0 Å². The number of nitrogens with zero attached hydrogens (tertiary/aromatic N) is 3. The van der Waals surface area contributed by atoms with E-state index in [0.717, 1.165) is 40.9 Å². The Bertz CT molecular complexity index is 866. The van der Waals surface area contributed by atoms with Gasteiger partial charge in [0.2, 0.25) is 0 Å². The molecule has 0 aliphatic carbocycles. The number of aromatic nitrogens is 3. The van der Waals surface area contributed by atoms with Crippen LogP contribution in [0.25, 0.3) is 10.9 Å². The molecule has 0 atom stereocenters. The molecule has 2 aromatic heterocycles. The van der Waals surface area contributed by atoms with Gasteiger partial charge in [-0.2, -0.15) is 5.10 Å². The van der Waals surface area contributed by atoms with Gasteiger partial charge in [0.25, 0.3) is 0 Å². The van der Waals surface area contributed by atoms with Crippen molar-refractivity contribution in [1.82, 2.24) is 15.2 Å². The molecule has 0 radical (unpaired) electrons. The molecule has 122 valence electrons. The fourth-order valence-corrected chi connectivity index (χ4v) is 2.52. The van der Waals surface area contributed by atoms with Crippen LogP contribution in [0.4, 0.5) is 11.5 Å². The van der Waals surface area contributed by atoms with Gasteiger partial charge in [0.05, 0.1) is 10.9 Å². The van der Waals surface area contributed by atoms with Crippen LogP contribution in [0.2, 0.25) is 0 Å². The molecule has 4 rings (SSSR count). The molecule has 0 saturated heterocycles. The SMILES string of the molecule is C1=CN=CC1.CCc1cccc(Nc2nccc3n[nH]c(C)c23)c1. The van der Waals surface area contributed by atoms with Gasteiger partial charge < -0.3 is 5.32 Å². The summed E-state index contributed by atoms with van der Waals surface area (Å²) >= 11 is 0. The third-order valence-corrected chi connectivity index (χ3v) is 3.78. The number of pyridine rings is 1. The van der Waals surface area contributed by atoms with Gasteiger partial charge in [0.1, 0.15) is 5.82 Å². The molecule has 5 heteroatoms. The summed E-state index contributed by atoms with van der Waals surface area (Å²) in [6.45, 7) is 4.16. The molecule has 2 N–H and O–H groups in total. The van der Waals surface area contributed by atoms with E-state index in [4.69, 9.17) is 0 Å². The minimum atomic E-state index is 0.844. The molecule has 0 amide bonds. The van der Waals surface area contributed by atoms with Crippen LogP contribution in [0.5, 0.6) is 0 Å². The van der Waals surface area contributed by atoms with Crippen molar-refractivity contribution in [3.63, 3.8) is 0 Å². The first-order valence-electron chi connectivity index (χ1n) is 8.10. The monoisotopic (exact) mass is 319 g/mol. The summed E-state index contributed by atoms with van der Waals surface area (Å²) in [4.78, 5) is 8.20. The Balaban J connectivity index is 0.000000290. The third-order valence-electron chi connectivity index (χ3n) is 3.78. The van der Waals surface area contributed by atoms with Gasteiger partial charge in [-0.05, 0) is 37.1 Å². The second kappa shape index (κ2) is 7.55. The summed E-state index contributed by atoms with van der Waals surface area (Å²) in [5.41, 5.74) is 4.32. The first-order valence-corrected chi connectivity index (χ1v) is 8.10. The molecule has 0 unspecified atom stereocenters. The van der Waals surface area contributed by atoms with Crippen molar-refractivity contribution < 1.29 is 0 Å². The normalized spacial score (nSPS) is 12.2. The Morgan fingerprint density at radius 3 is 2.88 bits per heavy atom. The Labute approximate surface area is 141 Å². The summed E-state index contributed by atoms with van der Waals surface area (Å²) in [5.74, 6) is 0.844. The maximum absolute atomic E-state index is 4.42. The summed E-state index contributed by atoms with van der Waals surface area (Å²) in [7, 11) is 0. The number of aromatic amines is 1. The van der Waals surface area contributed by atoms with Gasteiger partial charge in [0.15, 0.2) is 0 Å². The summed E-state index contributed by atoms with van der Waals surface area (Å²) in [5, 5.41) is 11.7. The van der Waals surface area contributed by atoms with Crippen LogP contribution in [0, 0.1) is 6.92 Å². The molecule has 0 fully saturated rings. The van der Waals surface area contributed by atoms with E-state index in [1.807, 2.05) is 25.3 Å². The first-order chi connectivity index (χ1) is 11.8. The van der Waals surface area contributed by atoms with Crippen molar-refractivity contribution in [3.8, 4) is 0 Å². The second-order valence-corrected chi connectivity index (χ2v) is 5.53. The molecule has 1 aliphatic rings. The highest BCUT2D eigenvalue weighted by Crippen LogP contribution is 2.25. The van der Waals surface area contributed by atoms with E-state index in [0.29, 0.717) is 0 Å². The first kappa shape index (κ1) is 15.9. The average Bonchev–Trinajstić information content (AvgIpc) is 3.29. The topological polar surface area (TPSA) is 66.0 Å². The largest absolute Gasteiger partial charge is 0.340 e. The van der Waals surface area contributed by atoms with E-state index in [1.165, 1.54) is 5.56 Å². The molecule has 3 aromatic rings. The predicted octanol–water partition coefficient (Wildman–Crippen LogP) is 4.55. The fourth-order valence-electron chi connectivity index (χ4n) is 2.52. The zero-order chi connectivity index (χ0) is 16.8. The van der Waals surface area contributed by atoms with E-state index in [-0.39, 0.29) is 0 Å². The van der Waals surface area contributed by atoms with Crippen LogP contribution in [0.1, 0.15) is 24.6 Å². The molecule has 0 bridgehead atoms. The van der Waals surface area contributed by atoms with E-state index in [9.17, 15) is 0 Å². The number of fused-ring (bicyclic) bond motifs is 1. The lowest BCUT2D eigenvalue weighted by molar-refractivity contribution is 1.07. The number of anilines is 2. The lowest BCUT2D eigenvalue weighted by Crippen LogP contribution is -1.95. The Morgan fingerprint density at radius 2 is 2.17 bits per heavy atom. The lowest BCUT2D eigenvalue weighted by atomic mass is 10.1. The number of hydrogen-bond acceptors (Lipinski definition) is 4. The molecule has 3 heterocycles. The van der Waals surface area contributed by atoms with Crippen molar-refractivity contribution >= 4 is 28.6 Å². The van der Waals surface area contributed by atoms with E-state index < -0.39 is 0 Å². The standard InChI is InChI=1S/C15H16N4.C4H5N/c1-3-11-5-4-6-12(9-11)17-15-14-10(2)18-19-13(14)7-8-16-15;1-2-4-5-3-1/h4-9H,3H2,1-2H3,(H,16,17)(H,18,19);1,3-4H,2H2. The minimum absolute atomic E-state index is 0.844. The lowest BCUT2D eigenvalue weighted by Gasteiger charge is -2.08. The predicted molar refractivity (Wildman–Crippen MR) is 100.0 cm³/mol. The van der Waals surface area contributed by atoms with Crippen molar-refractivity contribution in [2.24, 2.45) is 4.99 Å². The maximum Gasteiger partial charge on any atom is 0.141 e. The van der Waals surface area contributed by atoms with Crippen molar-refractivity contribution in [2.45, 2.75) is 26.7 Å². The summed E-state index contributed by atoms with van der Waals surface area (Å²) in [6.07, 6.45) is 9.52. The highest BCUT2D eigenvalue weighted by molar-refractivity contribution is 5.92. The molecule has 0 spiro atoms. The van der Waals surface area contributed by atoms with Crippen LogP contribution >= 0.6 is 0 Å². The highest BCUT2D eigenvalue weighted by Gasteiger charge is 2.08. The Kier molecular flexibility index (Phi) is 5.01. The number of nitrogens with one attached hydrogen (secondary N) is 2. The van der Waals surface area contributed by atoms with Gasteiger partial charge in [-0.1, -0.05) is 25.1 Å². The van der Waals surface area contributed by atoms with Gasteiger partial charge >= 0.3 is 0 Å². The minimum Gasteiger partial charge on any atom is -0.340 e. The number of H-pyrrole nitrogens is 1. The number of aryl methyl sites for hydroxylation is 2. The van der Waals surface area contributed by atoms with Crippen LogP contribution < -0.4 is 5.32 Å². The number of benzene rings is 1. The molecular weight excluding hydrogens is 298 g/mol. The van der Waals surface area contributed by atoms with Gasteiger partial charge in [-0.15, -0.1) is 0 Å². The van der Waals surface area contributed by atoms with Crippen molar-refractivity contribution in [2.75, 3.05) is 5.32 Å². The van der Waals surface area contributed by atoms with Crippen LogP contribution in [-0.4, -0.2) is 21.4 Å². The highest BCUT2D eigenvalue weighted by atomic mass is 15.1. The van der Waals surface area contributed by atoms with E-state index in [2.05, 4.69) is 56.7 Å². The average molecular weight is 319 g/mol. The molecule has 1 aromatic carbocycles. The van der Waals surface area contributed by atoms with Gasteiger partial charge in [-0.3, -0.25) is 10.1 Å². The molecule has 0 saturated carbocycles. The zero-order valence-corrected chi connectivity index (χ0v) is 14.0. The molecule has 5 nitrogen and oxygen atoms in total. The van der Waals surface area contributed by atoms with Crippen molar-refractivity contribution in [3.05, 3.63) is 60.1 Å². The Morgan fingerprint density at radius 1 is 1.25 bits per heavy atom. The summed E-state index contributed by atoms with van der Waals surface area (Å²) < 4.78 is 0. The van der Waals surface area contributed by atoms with Crippen LogP contribution in [0.3, 0.4) is 0 Å². The number of aliphatic imine (C=N–C) groups is 1. The number of hydrogen-bond donors (Lipinski definition) is 2. The van der Waals surface area contributed by atoms with Gasteiger partial charge in [-0.25, -0.2) is 4.98 Å². The number of rotatable bonds is 3. The quantitative estimate of drug-likeness (QED) is 0.744. The maximum atomic E-state index is 4.42. The summed E-state index contributed by atoms with van der Waals surface area (Å²) in [6, 6.07) is 10.3. The smallest absolute Gasteiger partial charge is 0.141 e.